The third-order valence-electron chi connectivity index (χ3n) is 2.57. The van der Waals surface area contributed by atoms with Crippen LogP contribution in [0.25, 0.3) is 11.5 Å². The van der Waals surface area contributed by atoms with Crippen molar-refractivity contribution in [3.8, 4) is 11.5 Å². The molecular formula is C13H15BrClN3O. The van der Waals surface area contributed by atoms with Crippen LogP contribution in [0.1, 0.15) is 19.2 Å². The van der Waals surface area contributed by atoms with E-state index in [1.165, 1.54) is 0 Å². The Morgan fingerprint density at radius 1 is 1.32 bits per heavy atom. The van der Waals surface area contributed by atoms with Crippen LogP contribution in [0.2, 0.25) is 5.02 Å². The average molecular weight is 345 g/mol. The predicted molar refractivity (Wildman–Crippen MR) is 79.3 cm³/mol. The quantitative estimate of drug-likeness (QED) is 0.812. The van der Waals surface area contributed by atoms with Gasteiger partial charge in [-0.1, -0.05) is 34.5 Å². The summed E-state index contributed by atoms with van der Waals surface area (Å²) < 4.78 is 6.53. The minimum Gasteiger partial charge on any atom is -0.421 e. The number of benzene rings is 1. The second-order valence-electron chi connectivity index (χ2n) is 4.13. The van der Waals surface area contributed by atoms with E-state index < -0.39 is 0 Å². The lowest BCUT2D eigenvalue weighted by molar-refractivity contribution is 0.494. The van der Waals surface area contributed by atoms with Crippen LogP contribution < -0.4 is 5.32 Å². The van der Waals surface area contributed by atoms with Gasteiger partial charge in [-0.2, -0.15) is 0 Å². The molecule has 0 aliphatic heterocycles. The van der Waals surface area contributed by atoms with Crippen LogP contribution in [-0.4, -0.2) is 23.3 Å². The van der Waals surface area contributed by atoms with Crippen molar-refractivity contribution < 1.29 is 4.42 Å². The molecule has 2 aromatic rings. The van der Waals surface area contributed by atoms with Gasteiger partial charge in [0.25, 0.3) is 0 Å². The van der Waals surface area contributed by atoms with Gasteiger partial charge in [0.05, 0.1) is 10.6 Å². The van der Waals surface area contributed by atoms with E-state index in [1.807, 2.05) is 18.2 Å². The number of nitrogens with one attached hydrogen (secondary N) is 1. The number of rotatable bonds is 6. The summed E-state index contributed by atoms with van der Waals surface area (Å²) in [7, 11) is 0. The molecule has 4 nitrogen and oxygen atoms in total. The maximum Gasteiger partial charge on any atom is 0.249 e. The maximum atomic E-state index is 6.15. The maximum absolute atomic E-state index is 6.15. The van der Waals surface area contributed by atoms with Crippen molar-refractivity contribution in [1.29, 1.82) is 0 Å². The Kier molecular flexibility index (Phi) is 5.36. The van der Waals surface area contributed by atoms with Gasteiger partial charge in [0.1, 0.15) is 0 Å². The Morgan fingerprint density at radius 3 is 2.89 bits per heavy atom. The lowest BCUT2D eigenvalue weighted by Gasteiger charge is -2.00. The molecule has 102 valence electrons. The molecule has 1 aromatic carbocycles. The molecule has 0 amide bonds. The van der Waals surface area contributed by atoms with Gasteiger partial charge in [0.15, 0.2) is 0 Å². The number of nitrogens with zero attached hydrogens (tertiary/aromatic N) is 2. The second-order valence-corrected chi connectivity index (χ2v) is 5.45. The van der Waals surface area contributed by atoms with Crippen molar-refractivity contribution in [2.24, 2.45) is 0 Å². The van der Waals surface area contributed by atoms with Gasteiger partial charge in [-0.25, -0.2) is 0 Å². The Morgan fingerprint density at radius 2 is 2.16 bits per heavy atom. The van der Waals surface area contributed by atoms with E-state index >= 15 is 0 Å². The normalized spacial score (nSPS) is 10.9. The highest BCUT2D eigenvalue weighted by Gasteiger charge is 2.11. The summed E-state index contributed by atoms with van der Waals surface area (Å²) in [4.78, 5) is 0. The molecule has 2 rings (SSSR count). The zero-order valence-electron chi connectivity index (χ0n) is 10.6. The molecule has 1 N–H and O–H groups in total. The highest BCUT2D eigenvalue weighted by Crippen LogP contribution is 2.29. The van der Waals surface area contributed by atoms with Crippen LogP contribution in [0.3, 0.4) is 0 Å². The largest absolute Gasteiger partial charge is 0.421 e. The average Bonchev–Trinajstić information content (AvgIpc) is 2.83. The molecule has 0 fully saturated rings. The van der Waals surface area contributed by atoms with Crippen molar-refractivity contribution >= 4 is 27.5 Å². The van der Waals surface area contributed by atoms with Crippen LogP contribution in [0.4, 0.5) is 0 Å². The first kappa shape index (κ1) is 14.5. The molecule has 0 saturated carbocycles. The van der Waals surface area contributed by atoms with Gasteiger partial charge in [0, 0.05) is 17.4 Å². The molecule has 0 unspecified atom stereocenters. The van der Waals surface area contributed by atoms with E-state index in [9.17, 15) is 0 Å². The summed E-state index contributed by atoms with van der Waals surface area (Å²) in [5.74, 6) is 1.08. The van der Waals surface area contributed by atoms with Crippen molar-refractivity contribution in [2.75, 3.05) is 13.1 Å². The van der Waals surface area contributed by atoms with E-state index in [-0.39, 0.29) is 0 Å². The third kappa shape index (κ3) is 4.03. The molecule has 0 atom stereocenters. The number of aromatic nitrogens is 2. The fourth-order valence-electron chi connectivity index (χ4n) is 1.62. The van der Waals surface area contributed by atoms with Gasteiger partial charge < -0.3 is 9.73 Å². The van der Waals surface area contributed by atoms with Crippen molar-refractivity contribution in [1.82, 2.24) is 15.5 Å². The summed E-state index contributed by atoms with van der Waals surface area (Å²) in [6, 6.07) is 5.57. The number of hydrogen-bond acceptors (Lipinski definition) is 4. The first-order valence-corrected chi connectivity index (χ1v) is 7.36. The van der Waals surface area contributed by atoms with Crippen LogP contribution in [0.15, 0.2) is 27.1 Å². The highest BCUT2D eigenvalue weighted by atomic mass is 79.9. The van der Waals surface area contributed by atoms with Gasteiger partial charge in [0.2, 0.25) is 11.8 Å². The molecule has 0 saturated heterocycles. The van der Waals surface area contributed by atoms with E-state index in [0.29, 0.717) is 16.8 Å². The first-order chi connectivity index (χ1) is 9.20. The smallest absolute Gasteiger partial charge is 0.249 e. The monoisotopic (exact) mass is 343 g/mol. The molecule has 0 spiro atoms. The van der Waals surface area contributed by atoms with Gasteiger partial charge in [-0.3, -0.25) is 0 Å². The zero-order chi connectivity index (χ0) is 13.7. The molecule has 19 heavy (non-hydrogen) atoms. The zero-order valence-corrected chi connectivity index (χ0v) is 13.0. The standard InChI is InChI=1S/C13H15BrClN3O/c1-2-6-16-7-5-12-17-18-13(19-12)10-4-3-9(14)8-11(10)15/h3-4,8,16H,2,5-7H2,1H3. The topological polar surface area (TPSA) is 51.0 Å². The van der Waals surface area contributed by atoms with E-state index in [1.54, 1.807) is 0 Å². The summed E-state index contributed by atoms with van der Waals surface area (Å²) in [6.45, 7) is 3.97. The second kappa shape index (κ2) is 7.03. The minimum atomic E-state index is 0.461. The van der Waals surface area contributed by atoms with Crippen LogP contribution in [0.5, 0.6) is 0 Å². The Hall–Kier alpha value is -0.910. The molecule has 0 radical (unpaired) electrons. The van der Waals surface area contributed by atoms with Crippen molar-refractivity contribution in [2.45, 2.75) is 19.8 Å². The highest BCUT2D eigenvalue weighted by molar-refractivity contribution is 9.10. The van der Waals surface area contributed by atoms with Crippen LogP contribution >= 0.6 is 27.5 Å². The molecule has 0 aliphatic carbocycles. The Bertz CT molecular complexity index is 544. The third-order valence-corrected chi connectivity index (χ3v) is 3.38. The fourth-order valence-corrected chi connectivity index (χ4v) is 2.38. The predicted octanol–water partition coefficient (Wildman–Crippen LogP) is 3.69. The van der Waals surface area contributed by atoms with Gasteiger partial charge in [-0.15, -0.1) is 10.2 Å². The SMILES string of the molecule is CCCNCCc1nnc(-c2ccc(Br)cc2Cl)o1. The molecule has 1 heterocycles. The lowest BCUT2D eigenvalue weighted by atomic mass is 10.2. The van der Waals surface area contributed by atoms with E-state index in [2.05, 4.69) is 38.4 Å². The number of hydrogen-bond donors (Lipinski definition) is 1. The first-order valence-electron chi connectivity index (χ1n) is 6.19. The fraction of sp³-hybridized carbons (Fsp3) is 0.385. The van der Waals surface area contributed by atoms with Crippen molar-refractivity contribution in [3.63, 3.8) is 0 Å². The van der Waals surface area contributed by atoms with Gasteiger partial charge >= 0.3 is 0 Å². The van der Waals surface area contributed by atoms with Crippen LogP contribution in [-0.2, 0) is 6.42 Å². The minimum absolute atomic E-state index is 0.461. The molecular weight excluding hydrogens is 330 g/mol. The molecule has 0 bridgehead atoms. The molecule has 6 heteroatoms. The Labute approximate surface area is 125 Å². The molecule has 1 aromatic heterocycles. The summed E-state index contributed by atoms with van der Waals surface area (Å²) in [5.41, 5.74) is 0.755. The summed E-state index contributed by atoms with van der Waals surface area (Å²) >= 11 is 9.51. The van der Waals surface area contributed by atoms with E-state index in [0.717, 1.165) is 36.0 Å². The summed E-state index contributed by atoms with van der Waals surface area (Å²) in [5, 5.41) is 11.9. The van der Waals surface area contributed by atoms with E-state index in [4.69, 9.17) is 16.0 Å². The molecule has 0 aliphatic rings. The Balaban J connectivity index is 2.04. The summed E-state index contributed by atoms with van der Waals surface area (Å²) in [6.07, 6.45) is 1.84. The lowest BCUT2D eigenvalue weighted by Crippen LogP contribution is -2.17. The van der Waals surface area contributed by atoms with Crippen LogP contribution in [0, 0.1) is 0 Å². The number of halogens is 2. The van der Waals surface area contributed by atoms with Crippen molar-refractivity contribution in [3.05, 3.63) is 33.6 Å². The van der Waals surface area contributed by atoms with Gasteiger partial charge in [-0.05, 0) is 31.2 Å².